The van der Waals surface area contributed by atoms with Crippen molar-refractivity contribution in [1.82, 2.24) is 9.55 Å². The summed E-state index contributed by atoms with van der Waals surface area (Å²) in [4.78, 5) is 15.9. The predicted molar refractivity (Wildman–Crippen MR) is 58.0 cm³/mol. The molecular formula is C11H18N2O2. The van der Waals surface area contributed by atoms with Gasteiger partial charge in [-0.2, -0.15) is 0 Å². The summed E-state index contributed by atoms with van der Waals surface area (Å²) in [7, 11) is 0. The Hall–Kier alpha value is -1.32. The van der Waals surface area contributed by atoms with E-state index in [4.69, 9.17) is 4.74 Å². The van der Waals surface area contributed by atoms with Crippen LogP contribution < -0.4 is 0 Å². The first-order valence-corrected chi connectivity index (χ1v) is 5.41. The van der Waals surface area contributed by atoms with Gasteiger partial charge >= 0.3 is 6.09 Å². The molecule has 0 spiro atoms. The summed E-state index contributed by atoms with van der Waals surface area (Å²) in [5.41, 5.74) is 0.847. The molecule has 0 radical (unpaired) electrons. The highest BCUT2D eigenvalue weighted by molar-refractivity contribution is 5.71. The number of unbranched alkanes of at least 4 members (excludes halogenated alkanes) is 1. The SMILES string of the molecule is CCCCOC(=O)n1cc(C)nc1CC. The monoisotopic (exact) mass is 210 g/mol. The average Bonchev–Trinajstić information content (AvgIpc) is 2.60. The molecular weight excluding hydrogens is 192 g/mol. The second kappa shape index (κ2) is 5.53. The van der Waals surface area contributed by atoms with E-state index in [2.05, 4.69) is 11.9 Å². The van der Waals surface area contributed by atoms with Crippen LogP contribution in [0.5, 0.6) is 0 Å². The zero-order chi connectivity index (χ0) is 11.3. The van der Waals surface area contributed by atoms with Gasteiger partial charge in [-0.25, -0.2) is 14.3 Å². The molecule has 0 aromatic carbocycles. The van der Waals surface area contributed by atoms with Crippen LogP contribution in [-0.2, 0) is 11.2 Å². The van der Waals surface area contributed by atoms with Crippen molar-refractivity contribution in [3.05, 3.63) is 17.7 Å². The standard InChI is InChI=1S/C11H18N2O2/c1-4-6-7-15-11(14)13-8-9(3)12-10(13)5-2/h8H,4-7H2,1-3H3. The number of rotatable bonds is 4. The number of ether oxygens (including phenoxy) is 1. The van der Waals surface area contributed by atoms with E-state index in [1.54, 1.807) is 6.20 Å². The largest absolute Gasteiger partial charge is 0.449 e. The number of carbonyl (C=O) groups excluding carboxylic acids is 1. The number of hydrogen-bond acceptors (Lipinski definition) is 3. The lowest BCUT2D eigenvalue weighted by Crippen LogP contribution is -2.16. The molecule has 1 rings (SSSR count). The zero-order valence-electron chi connectivity index (χ0n) is 9.62. The lowest BCUT2D eigenvalue weighted by Gasteiger charge is -2.05. The van der Waals surface area contributed by atoms with Gasteiger partial charge in [0.25, 0.3) is 0 Å². The van der Waals surface area contributed by atoms with E-state index in [9.17, 15) is 4.79 Å². The van der Waals surface area contributed by atoms with Gasteiger partial charge in [0, 0.05) is 12.6 Å². The van der Waals surface area contributed by atoms with Crippen molar-refractivity contribution < 1.29 is 9.53 Å². The average molecular weight is 210 g/mol. The molecule has 0 saturated heterocycles. The molecule has 0 unspecified atom stereocenters. The number of carbonyl (C=O) groups is 1. The maximum absolute atomic E-state index is 11.6. The third-order valence-corrected chi connectivity index (χ3v) is 2.14. The molecule has 0 aliphatic rings. The first kappa shape index (κ1) is 11.8. The van der Waals surface area contributed by atoms with E-state index in [1.165, 1.54) is 4.57 Å². The van der Waals surface area contributed by atoms with Crippen LogP contribution >= 0.6 is 0 Å². The molecule has 0 aliphatic heterocycles. The van der Waals surface area contributed by atoms with Crippen molar-refractivity contribution in [2.24, 2.45) is 0 Å². The van der Waals surface area contributed by atoms with Crippen LogP contribution in [-0.4, -0.2) is 22.3 Å². The predicted octanol–water partition coefficient (Wildman–Crippen LogP) is 2.54. The normalized spacial score (nSPS) is 10.3. The summed E-state index contributed by atoms with van der Waals surface area (Å²) in [6.45, 7) is 6.38. The van der Waals surface area contributed by atoms with Gasteiger partial charge < -0.3 is 4.74 Å². The lowest BCUT2D eigenvalue weighted by molar-refractivity contribution is 0.145. The summed E-state index contributed by atoms with van der Waals surface area (Å²) in [6.07, 6.45) is 4.06. The number of imidazole rings is 1. The van der Waals surface area contributed by atoms with E-state index >= 15 is 0 Å². The quantitative estimate of drug-likeness (QED) is 0.717. The summed E-state index contributed by atoms with van der Waals surface area (Å²) >= 11 is 0. The van der Waals surface area contributed by atoms with Gasteiger partial charge in [-0.1, -0.05) is 20.3 Å². The van der Waals surface area contributed by atoms with Crippen LogP contribution in [0, 0.1) is 6.92 Å². The number of hydrogen-bond donors (Lipinski definition) is 0. The van der Waals surface area contributed by atoms with Gasteiger partial charge in [0.15, 0.2) is 0 Å². The molecule has 0 atom stereocenters. The summed E-state index contributed by atoms with van der Waals surface area (Å²) in [5, 5.41) is 0. The third kappa shape index (κ3) is 3.08. The van der Waals surface area contributed by atoms with E-state index in [1.807, 2.05) is 13.8 Å². The molecule has 1 aromatic heterocycles. The van der Waals surface area contributed by atoms with Gasteiger partial charge in [-0.05, 0) is 13.3 Å². The smallest absolute Gasteiger partial charge is 0.419 e. The Morgan fingerprint density at radius 2 is 2.27 bits per heavy atom. The van der Waals surface area contributed by atoms with Gasteiger partial charge in [-0.3, -0.25) is 0 Å². The summed E-state index contributed by atoms with van der Waals surface area (Å²) in [6, 6.07) is 0. The summed E-state index contributed by atoms with van der Waals surface area (Å²) in [5.74, 6) is 0.758. The Bertz CT molecular complexity index is 331. The highest BCUT2D eigenvalue weighted by Crippen LogP contribution is 2.04. The van der Waals surface area contributed by atoms with Crippen LogP contribution in [0.15, 0.2) is 6.20 Å². The maximum atomic E-state index is 11.6. The second-order valence-corrected chi connectivity index (χ2v) is 3.49. The Kier molecular flexibility index (Phi) is 4.34. The molecule has 4 nitrogen and oxygen atoms in total. The molecule has 0 N–H and O–H groups in total. The molecule has 15 heavy (non-hydrogen) atoms. The Labute approximate surface area is 90.3 Å². The van der Waals surface area contributed by atoms with Crippen LogP contribution in [0.4, 0.5) is 4.79 Å². The van der Waals surface area contributed by atoms with E-state index < -0.39 is 0 Å². The molecule has 0 saturated carbocycles. The number of nitrogens with zero attached hydrogens (tertiary/aromatic N) is 2. The van der Waals surface area contributed by atoms with Gasteiger partial charge in [0.1, 0.15) is 5.82 Å². The number of aryl methyl sites for hydroxylation is 2. The topological polar surface area (TPSA) is 44.1 Å². The molecule has 1 aromatic rings. The van der Waals surface area contributed by atoms with Crippen molar-refractivity contribution >= 4 is 6.09 Å². The van der Waals surface area contributed by atoms with E-state index in [0.29, 0.717) is 6.61 Å². The third-order valence-electron chi connectivity index (χ3n) is 2.14. The first-order valence-electron chi connectivity index (χ1n) is 5.41. The fourth-order valence-corrected chi connectivity index (χ4v) is 1.33. The van der Waals surface area contributed by atoms with Crippen molar-refractivity contribution in [3.63, 3.8) is 0 Å². The first-order chi connectivity index (χ1) is 7.19. The Morgan fingerprint density at radius 1 is 1.53 bits per heavy atom. The van der Waals surface area contributed by atoms with Crippen LogP contribution in [0.25, 0.3) is 0 Å². The van der Waals surface area contributed by atoms with Crippen LogP contribution in [0.1, 0.15) is 38.2 Å². The highest BCUT2D eigenvalue weighted by atomic mass is 16.5. The highest BCUT2D eigenvalue weighted by Gasteiger charge is 2.11. The van der Waals surface area contributed by atoms with Gasteiger partial charge in [0.2, 0.25) is 0 Å². The fourth-order valence-electron chi connectivity index (χ4n) is 1.33. The molecule has 84 valence electrons. The molecule has 0 bridgehead atoms. The lowest BCUT2D eigenvalue weighted by atomic mass is 10.4. The van der Waals surface area contributed by atoms with Gasteiger partial charge in [0.05, 0.1) is 12.3 Å². The van der Waals surface area contributed by atoms with E-state index in [0.717, 1.165) is 30.8 Å². The minimum Gasteiger partial charge on any atom is -0.449 e. The van der Waals surface area contributed by atoms with Gasteiger partial charge in [-0.15, -0.1) is 0 Å². The Morgan fingerprint density at radius 3 is 2.87 bits per heavy atom. The molecule has 4 heteroatoms. The van der Waals surface area contributed by atoms with Crippen LogP contribution in [0.3, 0.4) is 0 Å². The molecule has 0 fully saturated rings. The molecule has 0 amide bonds. The van der Waals surface area contributed by atoms with E-state index in [-0.39, 0.29) is 6.09 Å². The Balaban J connectivity index is 2.64. The summed E-state index contributed by atoms with van der Waals surface area (Å²) < 4.78 is 6.60. The number of aromatic nitrogens is 2. The molecule has 0 aliphatic carbocycles. The van der Waals surface area contributed by atoms with Crippen molar-refractivity contribution in [2.75, 3.05) is 6.61 Å². The minimum atomic E-state index is -0.319. The zero-order valence-corrected chi connectivity index (χ0v) is 9.62. The minimum absolute atomic E-state index is 0.319. The van der Waals surface area contributed by atoms with Crippen molar-refractivity contribution in [2.45, 2.75) is 40.0 Å². The maximum Gasteiger partial charge on any atom is 0.419 e. The van der Waals surface area contributed by atoms with Crippen molar-refractivity contribution in [1.29, 1.82) is 0 Å². The second-order valence-electron chi connectivity index (χ2n) is 3.49. The fraction of sp³-hybridized carbons (Fsp3) is 0.636. The van der Waals surface area contributed by atoms with Crippen molar-refractivity contribution in [3.8, 4) is 0 Å². The molecule has 1 heterocycles. The van der Waals surface area contributed by atoms with Crippen LogP contribution in [0.2, 0.25) is 0 Å².